The first-order valence-corrected chi connectivity index (χ1v) is 8.65. The minimum Gasteiger partial charge on any atom is -0.313 e. The second-order valence-corrected chi connectivity index (χ2v) is 8.95. The fraction of sp³-hybridized carbons (Fsp3) is 1.00. The van der Waals surface area contributed by atoms with Gasteiger partial charge in [0.1, 0.15) is 0 Å². The van der Waals surface area contributed by atoms with E-state index in [1.165, 1.54) is 6.42 Å². The summed E-state index contributed by atoms with van der Waals surface area (Å²) in [5.41, 5.74) is 0.738. The largest absolute Gasteiger partial charge is 0.313 e. The molecule has 0 heterocycles. The number of hydrogen-bond donors (Lipinski definition) is 1. The minimum absolute atomic E-state index is 0.738. The Bertz CT molecular complexity index is 183. The molecule has 0 spiro atoms. The number of nitrogens with zero attached hydrogens (tertiary/aromatic N) is 2. The van der Waals surface area contributed by atoms with Crippen molar-refractivity contribution in [3.05, 3.63) is 0 Å². The molecule has 2 atom stereocenters. The van der Waals surface area contributed by atoms with Crippen LogP contribution in [0, 0.1) is 0 Å². The molecule has 98 valence electrons. The quantitative estimate of drug-likeness (QED) is 0.662. The van der Waals surface area contributed by atoms with E-state index in [0.717, 1.165) is 25.2 Å². The third-order valence-corrected chi connectivity index (χ3v) is 9.28. The van der Waals surface area contributed by atoms with E-state index in [1.807, 2.05) is 0 Å². The monoisotopic (exact) mass is 245 g/mol. The topological polar surface area (TPSA) is 18.5 Å². The molecule has 16 heavy (non-hydrogen) atoms. The van der Waals surface area contributed by atoms with Gasteiger partial charge in [0.15, 0.2) is 0 Å². The lowest BCUT2D eigenvalue weighted by molar-refractivity contribution is 0.362. The molecule has 0 aliphatic carbocycles. The normalized spacial score (nSPS) is 17.8. The van der Waals surface area contributed by atoms with Crippen LogP contribution in [0.5, 0.6) is 0 Å². The minimum atomic E-state index is -1.69. The third-order valence-electron chi connectivity index (χ3n) is 3.66. The lowest BCUT2D eigenvalue weighted by Gasteiger charge is -2.49. The molecule has 0 rings (SSSR count). The van der Waals surface area contributed by atoms with Crippen molar-refractivity contribution in [2.24, 2.45) is 0 Å². The number of nitrogens with one attached hydrogen (secondary N) is 1. The predicted molar refractivity (Wildman–Crippen MR) is 75.8 cm³/mol. The van der Waals surface area contributed by atoms with Gasteiger partial charge >= 0.3 is 0 Å². The molecule has 0 bridgehead atoms. The van der Waals surface area contributed by atoms with E-state index in [9.17, 15) is 0 Å². The molecule has 0 aromatic carbocycles. The summed E-state index contributed by atoms with van der Waals surface area (Å²) in [7, 11) is 2.78. The van der Waals surface area contributed by atoms with Gasteiger partial charge in [0.05, 0.1) is 0 Å². The first kappa shape index (κ1) is 16.1. The molecule has 0 radical (unpaired) electrons. The molecule has 0 aromatic rings. The van der Waals surface area contributed by atoms with Crippen molar-refractivity contribution in [2.45, 2.75) is 46.6 Å². The molecule has 0 fully saturated rings. The zero-order valence-electron chi connectivity index (χ0n) is 12.3. The van der Waals surface area contributed by atoms with E-state index < -0.39 is 8.56 Å². The highest BCUT2D eigenvalue weighted by Gasteiger charge is 2.45. The Morgan fingerprint density at radius 2 is 1.56 bits per heavy atom. The molecule has 0 aliphatic heterocycles. The lowest BCUT2D eigenvalue weighted by atomic mass is 10.4. The average molecular weight is 245 g/mol. The van der Waals surface area contributed by atoms with Gasteiger partial charge in [-0.05, 0) is 39.3 Å². The summed E-state index contributed by atoms with van der Waals surface area (Å²) < 4.78 is 5.13. The standard InChI is InChI=1S/C12H31N3Si/c1-8-12(5)16(13-9-2,14(6)7)15(10-3)11-4/h12-13H,8-11H2,1-7H3. The first-order chi connectivity index (χ1) is 7.50. The van der Waals surface area contributed by atoms with E-state index in [4.69, 9.17) is 0 Å². The lowest BCUT2D eigenvalue weighted by Crippen LogP contribution is -2.74. The van der Waals surface area contributed by atoms with Gasteiger partial charge in [0, 0.05) is 0 Å². The molecule has 3 nitrogen and oxygen atoms in total. The first-order valence-electron chi connectivity index (χ1n) is 6.68. The second kappa shape index (κ2) is 7.43. The molecular formula is C12H31N3Si. The van der Waals surface area contributed by atoms with Crippen molar-refractivity contribution in [3.8, 4) is 0 Å². The number of hydrogen-bond acceptors (Lipinski definition) is 3. The van der Waals surface area contributed by atoms with Crippen LogP contribution < -0.4 is 4.98 Å². The van der Waals surface area contributed by atoms with E-state index in [1.54, 1.807) is 0 Å². The van der Waals surface area contributed by atoms with E-state index in [0.29, 0.717) is 0 Å². The van der Waals surface area contributed by atoms with E-state index in [2.05, 4.69) is 62.8 Å². The van der Waals surface area contributed by atoms with Crippen molar-refractivity contribution < 1.29 is 0 Å². The van der Waals surface area contributed by atoms with Crippen molar-refractivity contribution in [1.29, 1.82) is 0 Å². The Kier molecular flexibility index (Phi) is 7.47. The zero-order chi connectivity index (χ0) is 12.8. The van der Waals surface area contributed by atoms with Crippen LogP contribution in [0.2, 0.25) is 5.54 Å². The van der Waals surface area contributed by atoms with Crippen LogP contribution in [0.1, 0.15) is 41.0 Å². The van der Waals surface area contributed by atoms with Gasteiger partial charge in [-0.25, -0.2) is 0 Å². The molecule has 0 aromatic heterocycles. The summed E-state index contributed by atoms with van der Waals surface area (Å²) >= 11 is 0. The van der Waals surface area contributed by atoms with Crippen LogP contribution in [-0.2, 0) is 0 Å². The molecule has 0 saturated heterocycles. The van der Waals surface area contributed by atoms with Crippen molar-refractivity contribution >= 4 is 8.56 Å². The van der Waals surface area contributed by atoms with Crippen LogP contribution in [0.25, 0.3) is 0 Å². The summed E-state index contributed by atoms with van der Waals surface area (Å²) in [5, 5.41) is 0. The third kappa shape index (κ3) is 3.06. The van der Waals surface area contributed by atoms with Crippen LogP contribution in [0.15, 0.2) is 0 Å². The summed E-state index contributed by atoms with van der Waals surface area (Å²) in [6.45, 7) is 14.8. The fourth-order valence-electron chi connectivity index (χ4n) is 2.73. The molecule has 0 aliphatic rings. The summed E-state index contributed by atoms with van der Waals surface area (Å²) in [5.74, 6) is 0. The molecule has 4 heteroatoms. The van der Waals surface area contributed by atoms with Crippen LogP contribution >= 0.6 is 0 Å². The smallest absolute Gasteiger partial charge is 0.289 e. The Morgan fingerprint density at radius 3 is 1.81 bits per heavy atom. The van der Waals surface area contributed by atoms with Gasteiger partial charge in [-0.3, -0.25) is 4.57 Å². The van der Waals surface area contributed by atoms with Crippen LogP contribution in [-0.4, -0.2) is 51.4 Å². The Morgan fingerprint density at radius 1 is 1.06 bits per heavy atom. The average Bonchev–Trinajstić information content (AvgIpc) is 2.27. The number of rotatable bonds is 8. The Labute approximate surface area is 103 Å². The van der Waals surface area contributed by atoms with E-state index in [-0.39, 0.29) is 0 Å². The second-order valence-electron chi connectivity index (χ2n) is 4.63. The predicted octanol–water partition coefficient (Wildman–Crippen LogP) is 2.24. The van der Waals surface area contributed by atoms with Crippen molar-refractivity contribution in [1.82, 2.24) is 14.1 Å². The van der Waals surface area contributed by atoms with Gasteiger partial charge in [-0.1, -0.05) is 41.0 Å². The van der Waals surface area contributed by atoms with Gasteiger partial charge < -0.3 is 9.55 Å². The fourth-order valence-corrected chi connectivity index (χ4v) is 7.74. The maximum atomic E-state index is 3.84. The highest BCUT2D eigenvalue weighted by Crippen LogP contribution is 2.27. The Balaban J connectivity index is 5.22. The SMILES string of the molecule is CCN[Si](C(C)CC)(N(C)C)N(CC)CC. The Hall–Kier alpha value is 0.0969. The summed E-state index contributed by atoms with van der Waals surface area (Å²) in [6.07, 6.45) is 1.24. The highest BCUT2D eigenvalue weighted by molar-refractivity contribution is 6.73. The molecule has 1 N–H and O–H groups in total. The van der Waals surface area contributed by atoms with E-state index >= 15 is 0 Å². The van der Waals surface area contributed by atoms with Gasteiger partial charge in [-0.15, -0.1) is 0 Å². The molecule has 0 amide bonds. The van der Waals surface area contributed by atoms with Gasteiger partial charge in [0.25, 0.3) is 8.56 Å². The summed E-state index contributed by atoms with van der Waals surface area (Å²) in [6, 6.07) is 0. The molecular weight excluding hydrogens is 214 g/mol. The maximum absolute atomic E-state index is 3.84. The highest BCUT2D eigenvalue weighted by atomic mass is 28.4. The van der Waals surface area contributed by atoms with Gasteiger partial charge in [-0.2, -0.15) is 0 Å². The maximum Gasteiger partial charge on any atom is 0.289 e. The zero-order valence-corrected chi connectivity index (χ0v) is 13.3. The molecule has 0 saturated carbocycles. The van der Waals surface area contributed by atoms with Crippen LogP contribution in [0.3, 0.4) is 0 Å². The van der Waals surface area contributed by atoms with Crippen LogP contribution in [0.4, 0.5) is 0 Å². The van der Waals surface area contributed by atoms with Crippen molar-refractivity contribution in [2.75, 3.05) is 33.7 Å². The van der Waals surface area contributed by atoms with Gasteiger partial charge in [0.2, 0.25) is 0 Å². The van der Waals surface area contributed by atoms with Crippen molar-refractivity contribution in [3.63, 3.8) is 0 Å². The molecule has 2 unspecified atom stereocenters. The summed E-state index contributed by atoms with van der Waals surface area (Å²) in [4.78, 5) is 3.84.